The van der Waals surface area contributed by atoms with E-state index >= 15 is 0 Å². The quantitative estimate of drug-likeness (QED) is 0.661. The van der Waals surface area contributed by atoms with Crippen molar-refractivity contribution in [1.82, 2.24) is 4.90 Å². The summed E-state index contributed by atoms with van der Waals surface area (Å²) in [7, 11) is 0. The van der Waals surface area contributed by atoms with E-state index in [-0.39, 0.29) is 0 Å². The number of nitrogens with zero attached hydrogens (tertiary/aromatic N) is 1. The highest BCUT2D eigenvalue weighted by Crippen LogP contribution is 2.42. The number of ketones is 1. The van der Waals surface area contributed by atoms with Crippen LogP contribution in [-0.4, -0.2) is 29.3 Å². The van der Waals surface area contributed by atoms with E-state index in [4.69, 9.17) is 0 Å². The van der Waals surface area contributed by atoms with Gasteiger partial charge in [-0.05, 0) is 25.2 Å². The third-order valence-electron chi connectivity index (χ3n) is 4.34. The van der Waals surface area contributed by atoms with Crippen molar-refractivity contribution in [1.29, 1.82) is 0 Å². The first-order chi connectivity index (χ1) is 7.00. The van der Waals surface area contributed by atoms with Crippen molar-refractivity contribution in [2.24, 2.45) is 5.41 Å². The molecule has 0 aromatic carbocycles. The molecule has 2 fully saturated rings. The van der Waals surface area contributed by atoms with E-state index in [2.05, 4.69) is 25.7 Å². The van der Waals surface area contributed by atoms with Crippen LogP contribution in [-0.2, 0) is 4.79 Å². The number of carbonyl (C=O) groups excluding carboxylic acids is 1. The molecule has 1 saturated heterocycles. The Morgan fingerprint density at radius 2 is 2.13 bits per heavy atom. The van der Waals surface area contributed by atoms with Crippen LogP contribution in [0.15, 0.2) is 0 Å². The summed E-state index contributed by atoms with van der Waals surface area (Å²) < 4.78 is 0. The van der Waals surface area contributed by atoms with Crippen LogP contribution in [0.4, 0.5) is 0 Å². The topological polar surface area (TPSA) is 20.3 Å². The predicted octanol–water partition coefficient (Wildman–Crippen LogP) is 2.62. The van der Waals surface area contributed by atoms with Crippen LogP contribution in [0.2, 0.25) is 0 Å². The number of carbonyl (C=O) groups is 1. The number of hydrogen-bond acceptors (Lipinski definition) is 2. The molecule has 2 aliphatic rings. The zero-order chi connectivity index (χ0) is 11.1. The van der Waals surface area contributed by atoms with Gasteiger partial charge in [-0.3, -0.25) is 9.69 Å². The third-order valence-corrected chi connectivity index (χ3v) is 4.34. The van der Waals surface area contributed by atoms with Gasteiger partial charge >= 0.3 is 0 Å². The Labute approximate surface area is 93.0 Å². The van der Waals surface area contributed by atoms with Crippen LogP contribution < -0.4 is 0 Å². The van der Waals surface area contributed by atoms with Crippen molar-refractivity contribution in [2.45, 2.75) is 65.0 Å². The maximum Gasteiger partial charge on any atom is 0.135 e. The van der Waals surface area contributed by atoms with Gasteiger partial charge < -0.3 is 0 Å². The summed E-state index contributed by atoms with van der Waals surface area (Å²) >= 11 is 0. The minimum absolute atomic E-state index is 0.453. The second kappa shape index (κ2) is 3.89. The van der Waals surface area contributed by atoms with Crippen LogP contribution in [0.1, 0.15) is 52.9 Å². The second-order valence-electron chi connectivity index (χ2n) is 5.98. The molecule has 1 aliphatic heterocycles. The Kier molecular flexibility index (Phi) is 2.89. The van der Waals surface area contributed by atoms with Gasteiger partial charge in [-0.2, -0.15) is 0 Å². The van der Waals surface area contributed by atoms with Gasteiger partial charge in [-0.15, -0.1) is 0 Å². The van der Waals surface area contributed by atoms with Gasteiger partial charge in [0.25, 0.3) is 0 Å². The standard InChI is InChI=1S/C13H23NO/c1-10-9-11(15)6-8-14(10)12-5-4-7-13(12,2)3/h10,12H,4-9H2,1-3H3. The molecule has 0 spiro atoms. The first kappa shape index (κ1) is 11.1. The molecule has 2 heteroatoms. The maximum absolute atomic E-state index is 11.4. The minimum atomic E-state index is 0.453. The molecule has 0 aromatic rings. The molecule has 1 heterocycles. The summed E-state index contributed by atoms with van der Waals surface area (Å²) in [6.07, 6.45) is 5.57. The van der Waals surface area contributed by atoms with Crippen molar-refractivity contribution in [3.05, 3.63) is 0 Å². The zero-order valence-electron chi connectivity index (χ0n) is 10.3. The molecule has 0 N–H and O–H groups in total. The van der Waals surface area contributed by atoms with Crippen molar-refractivity contribution >= 4 is 5.78 Å². The highest BCUT2D eigenvalue weighted by molar-refractivity contribution is 5.79. The summed E-state index contributed by atoms with van der Waals surface area (Å²) in [6, 6.07) is 1.18. The van der Waals surface area contributed by atoms with Crippen LogP contribution in [0.25, 0.3) is 0 Å². The molecule has 2 unspecified atom stereocenters. The molecular formula is C13H23NO. The minimum Gasteiger partial charge on any atom is -0.300 e. The van der Waals surface area contributed by atoms with Crippen molar-refractivity contribution in [3.8, 4) is 0 Å². The Morgan fingerprint density at radius 1 is 1.40 bits per heavy atom. The molecule has 1 saturated carbocycles. The smallest absolute Gasteiger partial charge is 0.135 e. The van der Waals surface area contributed by atoms with E-state index in [0.717, 1.165) is 19.4 Å². The normalized spacial score (nSPS) is 37.1. The fourth-order valence-corrected chi connectivity index (χ4v) is 3.41. The van der Waals surface area contributed by atoms with Crippen LogP contribution in [0.3, 0.4) is 0 Å². The van der Waals surface area contributed by atoms with Gasteiger partial charge in [0.2, 0.25) is 0 Å². The summed E-state index contributed by atoms with van der Waals surface area (Å²) in [4.78, 5) is 14.0. The predicted molar refractivity (Wildman–Crippen MR) is 61.8 cm³/mol. The summed E-state index contributed by atoms with van der Waals surface area (Å²) in [5, 5.41) is 0. The summed E-state index contributed by atoms with van der Waals surface area (Å²) in [5.41, 5.74) is 0.453. The fraction of sp³-hybridized carbons (Fsp3) is 0.923. The molecule has 15 heavy (non-hydrogen) atoms. The Hall–Kier alpha value is -0.370. The Bertz CT molecular complexity index is 259. The third kappa shape index (κ3) is 2.10. The molecular weight excluding hydrogens is 186 g/mol. The molecule has 1 aliphatic carbocycles. The van der Waals surface area contributed by atoms with Crippen LogP contribution in [0.5, 0.6) is 0 Å². The van der Waals surface area contributed by atoms with Gasteiger partial charge in [-0.1, -0.05) is 20.3 Å². The van der Waals surface area contributed by atoms with Gasteiger partial charge in [0, 0.05) is 31.5 Å². The Balaban J connectivity index is 2.07. The SMILES string of the molecule is CC1CC(=O)CCN1C1CCCC1(C)C. The molecule has 2 atom stereocenters. The fourth-order valence-electron chi connectivity index (χ4n) is 3.41. The Morgan fingerprint density at radius 3 is 2.67 bits per heavy atom. The number of hydrogen-bond donors (Lipinski definition) is 0. The number of rotatable bonds is 1. The van der Waals surface area contributed by atoms with E-state index in [0.29, 0.717) is 23.3 Å². The lowest BCUT2D eigenvalue weighted by Gasteiger charge is -2.43. The van der Waals surface area contributed by atoms with Crippen molar-refractivity contribution < 1.29 is 4.79 Å². The number of Topliss-reactive ketones (excluding diaryl/α,β-unsaturated/α-hetero) is 1. The number of piperidine rings is 1. The first-order valence-electron chi connectivity index (χ1n) is 6.28. The maximum atomic E-state index is 11.4. The van der Waals surface area contributed by atoms with Crippen molar-refractivity contribution in [2.75, 3.05) is 6.54 Å². The lowest BCUT2D eigenvalue weighted by molar-refractivity contribution is -0.124. The summed E-state index contributed by atoms with van der Waals surface area (Å²) in [6.45, 7) is 7.97. The second-order valence-corrected chi connectivity index (χ2v) is 5.98. The van der Waals surface area contributed by atoms with Crippen LogP contribution >= 0.6 is 0 Å². The van der Waals surface area contributed by atoms with E-state index in [9.17, 15) is 4.79 Å². The summed E-state index contributed by atoms with van der Waals surface area (Å²) in [5.74, 6) is 0.453. The highest BCUT2D eigenvalue weighted by Gasteiger charge is 2.41. The van der Waals surface area contributed by atoms with E-state index < -0.39 is 0 Å². The average molecular weight is 209 g/mol. The monoisotopic (exact) mass is 209 g/mol. The molecule has 2 nitrogen and oxygen atoms in total. The van der Waals surface area contributed by atoms with E-state index in [1.165, 1.54) is 19.3 Å². The zero-order valence-corrected chi connectivity index (χ0v) is 10.3. The molecule has 2 rings (SSSR count). The van der Waals surface area contributed by atoms with Gasteiger partial charge in [0.15, 0.2) is 0 Å². The first-order valence-corrected chi connectivity index (χ1v) is 6.28. The molecule has 86 valence electrons. The van der Waals surface area contributed by atoms with Gasteiger partial charge in [-0.25, -0.2) is 0 Å². The largest absolute Gasteiger partial charge is 0.300 e. The lowest BCUT2D eigenvalue weighted by Crippen LogP contribution is -2.50. The van der Waals surface area contributed by atoms with E-state index in [1.807, 2.05) is 0 Å². The van der Waals surface area contributed by atoms with Gasteiger partial charge in [0.1, 0.15) is 5.78 Å². The van der Waals surface area contributed by atoms with E-state index in [1.54, 1.807) is 0 Å². The molecule has 0 radical (unpaired) electrons. The van der Waals surface area contributed by atoms with Crippen LogP contribution in [0, 0.1) is 5.41 Å². The molecule has 0 amide bonds. The molecule has 0 aromatic heterocycles. The highest BCUT2D eigenvalue weighted by atomic mass is 16.1. The van der Waals surface area contributed by atoms with Gasteiger partial charge in [0.05, 0.1) is 0 Å². The lowest BCUT2D eigenvalue weighted by atomic mass is 9.84. The number of likely N-dealkylation sites (tertiary alicyclic amines) is 1. The molecule has 0 bridgehead atoms. The average Bonchev–Trinajstić information content (AvgIpc) is 2.46. The van der Waals surface area contributed by atoms with Crippen molar-refractivity contribution in [3.63, 3.8) is 0 Å².